The molecule has 1 saturated heterocycles. The fraction of sp³-hybridized carbons (Fsp3) is 0.500. The number of fused-ring (bicyclic) bond motifs is 1. The normalized spacial score (nSPS) is 17.4. The summed E-state index contributed by atoms with van der Waals surface area (Å²) >= 11 is 0. The highest BCUT2D eigenvalue weighted by Crippen LogP contribution is 2.28. The lowest BCUT2D eigenvalue weighted by Gasteiger charge is -2.34. The molecular formula is C18H25N7. The van der Waals surface area contributed by atoms with Gasteiger partial charge in [0.2, 0.25) is 5.95 Å². The molecule has 4 heterocycles. The van der Waals surface area contributed by atoms with Gasteiger partial charge in [-0.2, -0.15) is 0 Å². The molecule has 0 aromatic carbocycles. The number of anilines is 3. The van der Waals surface area contributed by atoms with Crippen LogP contribution in [0.15, 0.2) is 36.8 Å². The first-order valence-corrected chi connectivity index (χ1v) is 9.08. The number of unbranched alkanes of at least 4 members (excludes halogenated alkanes) is 1. The molecule has 4 rings (SSSR count). The third-order valence-electron chi connectivity index (χ3n) is 4.92. The van der Waals surface area contributed by atoms with Crippen molar-refractivity contribution >= 4 is 17.5 Å². The van der Waals surface area contributed by atoms with Gasteiger partial charge in [-0.3, -0.25) is 4.90 Å². The Morgan fingerprint density at radius 3 is 2.48 bits per heavy atom. The zero-order chi connectivity index (χ0) is 16.9. The molecule has 0 spiro atoms. The van der Waals surface area contributed by atoms with Gasteiger partial charge >= 0.3 is 0 Å². The van der Waals surface area contributed by atoms with Gasteiger partial charge in [-0.05, 0) is 37.6 Å². The van der Waals surface area contributed by atoms with E-state index in [4.69, 9.17) is 0 Å². The third-order valence-corrected chi connectivity index (χ3v) is 4.92. The van der Waals surface area contributed by atoms with E-state index in [0.717, 1.165) is 51.2 Å². The van der Waals surface area contributed by atoms with E-state index in [2.05, 4.69) is 41.0 Å². The molecule has 132 valence electrons. The Balaban J connectivity index is 1.16. The van der Waals surface area contributed by atoms with Crippen LogP contribution in [0.4, 0.5) is 17.5 Å². The molecule has 25 heavy (non-hydrogen) atoms. The maximum Gasteiger partial charge on any atom is 0.225 e. The highest BCUT2D eigenvalue weighted by molar-refractivity contribution is 5.70. The van der Waals surface area contributed by atoms with E-state index in [-0.39, 0.29) is 0 Å². The largest absolute Gasteiger partial charge is 0.351 e. The number of aromatic nitrogens is 3. The molecule has 0 atom stereocenters. The summed E-state index contributed by atoms with van der Waals surface area (Å²) in [6, 6.07) is 6.02. The standard InChI is InChI=1S/C18H25N7/c1(2-10-25-15-22-17-16(25)5-3-6-19-17)9-23-11-13-24(14-12-23)18-20-7-4-8-21-18/h3-8H,1-2,9-15H2,(H,19,22). The highest BCUT2D eigenvalue weighted by Gasteiger charge is 2.20. The number of piperazine rings is 1. The fourth-order valence-corrected chi connectivity index (χ4v) is 3.51. The van der Waals surface area contributed by atoms with Gasteiger partial charge in [0.05, 0.1) is 12.4 Å². The molecule has 2 aromatic heterocycles. The summed E-state index contributed by atoms with van der Waals surface area (Å²) in [5.41, 5.74) is 1.24. The Morgan fingerprint density at radius 2 is 1.64 bits per heavy atom. The molecule has 7 heteroatoms. The number of hydrogen-bond acceptors (Lipinski definition) is 7. The van der Waals surface area contributed by atoms with Crippen molar-refractivity contribution in [1.82, 2.24) is 19.9 Å². The zero-order valence-corrected chi connectivity index (χ0v) is 14.5. The second kappa shape index (κ2) is 7.65. The minimum Gasteiger partial charge on any atom is -0.351 e. The SMILES string of the molecule is c1cnc(N2CCN(CCCCN3CNc4ncccc43)CC2)nc1. The summed E-state index contributed by atoms with van der Waals surface area (Å²) < 4.78 is 0. The Kier molecular flexibility index (Phi) is 4.92. The lowest BCUT2D eigenvalue weighted by atomic mass is 10.2. The van der Waals surface area contributed by atoms with E-state index in [1.165, 1.54) is 25.1 Å². The molecule has 0 unspecified atom stereocenters. The van der Waals surface area contributed by atoms with Crippen LogP contribution in [-0.2, 0) is 0 Å². The Hall–Kier alpha value is -2.41. The van der Waals surface area contributed by atoms with Crippen LogP contribution in [0, 0.1) is 0 Å². The average molecular weight is 339 g/mol. The predicted octanol–water partition coefficient (Wildman–Crippen LogP) is 1.66. The first-order chi connectivity index (χ1) is 12.4. The van der Waals surface area contributed by atoms with Gasteiger partial charge < -0.3 is 15.1 Å². The molecule has 7 nitrogen and oxygen atoms in total. The first kappa shape index (κ1) is 16.1. The van der Waals surface area contributed by atoms with Crippen LogP contribution >= 0.6 is 0 Å². The van der Waals surface area contributed by atoms with Crippen molar-refractivity contribution in [1.29, 1.82) is 0 Å². The smallest absolute Gasteiger partial charge is 0.225 e. The van der Waals surface area contributed by atoms with Gasteiger partial charge in [-0.15, -0.1) is 0 Å². The maximum absolute atomic E-state index is 4.37. The summed E-state index contributed by atoms with van der Waals surface area (Å²) in [5, 5.41) is 3.35. The van der Waals surface area contributed by atoms with E-state index < -0.39 is 0 Å². The maximum atomic E-state index is 4.37. The third kappa shape index (κ3) is 3.82. The van der Waals surface area contributed by atoms with Gasteiger partial charge in [-0.25, -0.2) is 15.0 Å². The topological polar surface area (TPSA) is 60.4 Å². The van der Waals surface area contributed by atoms with Gasteiger partial charge in [0, 0.05) is 51.3 Å². The molecule has 1 fully saturated rings. The van der Waals surface area contributed by atoms with E-state index in [1.807, 2.05) is 30.7 Å². The van der Waals surface area contributed by atoms with Crippen LogP contribution in [0.5, 0.6) is 0 Å². The summed E-state index contributed by atoms with van der Waals surface area (Å²) in [4.78, 5) is 20.3. The summed E-state index contributed by atoms with van der Waals surface area (Å²) in [6.45, 7) is 7.35. The number of nitrogens with one attached hydrogen (secondary N) is 1. The Morgan fingerprint density at radius 1 is 0.880 bits per heavy atom. The highest BCUT2D eigenvalue weighted by atomic mass is 15.3. The van der Waals surface area contributed by atoms with E-state index >= 15 is 0 Å². The second-order valence-electron chi connectivity index (χ2n) is 6.55. The summed E-state index contributed by atoms with van der Waals surface area (Å²) in [6.07, 6.45) is 7.91. The van der Waals surface area contributed by atoms with Crippen LogP contribution in [-0.4, -0.2) is 65.8 Å². The van der Waals surface area contributed by atoms with Gasteiger partial charge in [-0.1, -0.05) is 0 Å². The number of hydrogen-bond donors (Lipinski definition) is 1. The molecule has 2 aliphatic rings. The van der Waals surface area contributed by atoms with Crippen molar-refractivity contribution in [2.75, 3.05) is 61.1 Å². The van der Waals surface area contributed by atoms with Gasteiger partial charge in [0.15, 0.2) is 5.82 Å². The molecule has 0 radical (unpaired) electrons. The first-order valence-electron chi connectivity index (χ1n) is 9.08. The Labute approximate surface area is 148 Å². The summed E-state index contributed by atoms with van der Waals surface area (Å²) in [7, 11) is 0. The van der Waals surface area contributed by atoms with E-state index in [0.29, 0.717) is 0 Å². The van der Waals surface area contributed by atoms with Crippen LogP contribution in [0.1, 0.15) is 12.8 Å². The predicted molar refractivity (Wildman–Crippen MR) is 100.0 cm³/mol. The molecule has 0 amide bonds. The molecule has 1 N–H and O–H groups in total. The van der Waals surface area contributed by atoms with Crippen molar-refractivity contribution in [2.45, 2.75) is 12.8 Å². The number of rotatable bonds is 6. The van der Waals surface area contributed by atoms with Crippen LogP contribution in [0.2, 0.25) is 0 Å². The molecule has 0 aliphatic carbocycles. The second-order valence-corrected chi connectivity index (χ2v) is 6.55. The fourth-order valence-electron chi connectivity index (χ4n) is 3.51. The molecule has 0 saturated carbocycles. The van der Waals surface area contributed by atoms with Crippen molar-refractivity contribution in [3.8, 4) is 0 Å². The van der Waals surface area contributed by atoms with E-state index in [1.54, 1.807) is 0 Å². The molecular weight excluding hydrogens is 314 g/mol. The van der Waals surface area contributed by atoms with E-state index in [9.17, 15) is 0 Å². The van der Waals surface area contributed by atoms with Gasteiger partial charge in [0.25, 0.3) is 0 Å². The lowest BCUT2D eigenvalue weighted by molar-refractivity contribution is 0.252. The van der Waals surface area contributed by atoms with Gasteiger partial charge in [0.1, 0.15) is 0 Å². The van der Waals surface area contributed by atoms with Crippen molar-refractivity contribution < 1.29 is 0 Å². The van der Waals surface area contributed by atoms with Crippen molar-refractivity contribution in [3.63, 3.8) is 0 Å². The number of nitrogens with zero attached hydrogens (tertiary/aromatic N) is 6. The quantitative estimate of drug-likeness (QED) is 0.803. The van der Waals surface area contributed by atoms with Crippen LogP contribution in [0.25, 0.3) is 0 Å². The lowest BCUT2D eigenvalue weighted by Crippen LogP contribution is -2.47. The molecule has 2 aliphatic heterocycles. The Bertz CT molecular complexity index is 670. The summed E-state index contributed by atoms with van der Waals surface area (Å²) in [5.74, 6) is 1.87. The van der Waals surface area contributed by atoms with Crippen molar-refractivity contribution in [3.05, 3.63) is 36.8 Å². The molecule has 2 aromatic rings. The molecule has 0 bridgehead atoms. The minimum atomic E-state index is 0.857. The zero-order valence-electron chi connectivity index (χ0n) is 14.5. The average Bonchev–Trinajstić information content (AvgIpc) is 3.10. The number of pyridine rings is 1. The monoisotopic (exact) mass is 339 g/mol. The van der Waals surface area contributed by atoms with Crippen LogP contribution < -0.4 is 15.1 Å². The van der Waals surface area contributed by atoms with Crippen LogP contribution in [0.3, 0.4) is 0 Å². The minimum absolute atomic E-state index is 0.857. The van der Waals surface area contributed by atoms with Crippen molar-refractivity contribution in [2.24, 2.45) is 0 Å².